The molecular weight excluding hydrogens is 223 g/mol. The SMILES string of the molecule is CCCCCC(OP(=O)(O)O)[C@@H](O)CO. The van der Waals surface area contributed by atoms with Gasteiger partial charge >= 0.3 is 7.82 Å². The molecule has 4 N–H and O–H groups in total. The Hall–Kier alpha value is 0.0300. The van der Waals surface area contributed by atoms with Gasteiger partial charge in [0, 0.05) is 0 Å². The number of aliphatic hydroxyl groups excluding tert-OH is 2. The molecule has 0 saturated carbocycles. The summed E-state index contributed by atoms with van der Waals surface area (Å²) in [6.07, 6.45) is 0.590. The number of hydrogen-bond donors (Lipinski definition) is 4. The lowest BCUT2D eigenvalue weighted by atomic mass is 10.1. The fourth-order valence-electron chi connectivity index (χ4n) is 1.20. The minimum atomic E-state index is -4.61. The fraction of sp³-hybridized carbons (Fsp3) is 1.00. The van der Waals surface area contributed by atoms with Gasteiger partial charge in [0.2, 0.25) is 0 Å². The van der Waals surface area contributed by atoms with Gasteiger partial charge in [-0.1, -0.05) is 26.2 Å². The third kappa shape index (κ3) is 7.90. The van der Waals surface area contributed by atoms with Crippen molar-refractivity contribution in [2.45, 2.75) is 44.8 Å². The second-order valence-electron chi connectivity index (χ2n) is 3.38. The molecule has 7 heteroatoms. The second kappa shape index (κ2) is 7.33. The van der Waals surface area contributed by atoms with E-state index in [4.69, 9.17) is 14.9 Å². The van der Waals surface area contributed by atoms with Gasteiger partial charge in [-0.05, 0) is 6.42 Å². The van der Waals surface area contributed by atoms with Crippen molar-refractivity contribution >= 4 is 7.82 Å². The summed E-state index contributed by atoms with van der Waals surface area (Å²) in [5, 5.41) is 17.9. The maximum Gasteiger partial charge on any atom is 0.469 e. The zero-order valence-electron chi connectivity index (χ0n) is 8.74. The number of unbranched alkanes of at least 4 members (excludes halogenated alkanes) is 2. The van der Waals surface area contributed by atoms with Gasteiger partial charge in [-0.25, -0.2) is 4.57 Å². The first-order valence-electron chi connectivity index (χ1n) is 4.93. The molecule has 0 aliphatic heterocycles. The molecule has 15 heavy (non-hydrogen) atoms. The molecule has 6 nitrogen and oxygen atoms in total. The van der Waals surface area contributed by atoms with Gasteiger partial charge in [0.1, 0.15) is 6.10 Å². The maximum absolute atomic E-state index is 10.6. The van der Waals surface area contributed by atoms with Crippen molar-refractivity contribution in [2.24, 2.45) is 0 Å². The number of phosphoric ester groups is 1. The predicted octanol–water partition coefficient (Wildman–Crippen LogP) is 0.398. The van der Waals surface area contributed by atoms with Gasteiger partial charge in [0.15, 0.2) is 0 Å². The molecule has 0 radical (unpaired) electrons. The first-order valence-corrected chi connectivity index (χ1v) is 6.46. The van der Waals surface area contributed by atoms with Crippen molar-refractivity contribution in [3.05, 3.63) is 0 Å². The lowest BCUT2D eigenvalue weighted by Crippen LogP contribution is -2.31. The van der Waals surface area contributed by atoms with Crippen LogP contribution in [0.1, 0.15) is 32.6 Å². The lowest BCUT2D eigenvalue weighted by Gasteiger charge is -2.21. The van der Waals surface area contributed by atoms with E-state index in [9.17, 15) is 9.67 Å². The summed E-state index contributed by atoms with van der Waals surface area (Å²) in [6.45, 7) is 1.41. The molecule has 0 heterocycles. The average Bonchev–Trinajstić information content (AvgIpc) is 2.13. The van der Waals surface area contributed by atoms with Crippen LogP contribution in [0, 0.1) is 0 Å². The van der Waals surface area contributed by atoms with E-state index in [-0.39, 0.29) is 0 Å². The monoisotopic (exact) mass is 242 g/mol. The second-order valence-corrected chi connectivity index (χ2v) is 4.57. The van der Waals surface area contributed by atoms with Gasteiger partial charge in [0.25, 0.3) is 0 Å². The Balaban J connectivity index is 4.13. The molecule has 0 aromatic rings. The van der Waals surface area contributed by atoms with Crippen LogP contribution in [0.5, 0.6) is 0 Å². The molecule has 0 aliphatic carbocycles. The highest BCUT2D eigenvalue weighted by molar-refractivity contribution is 7.46. The summed E-state index contributed by atoms with van der Waals surface area (Å²) in [5.41, 5.74) is 0. The van der Waals surface area contributed by atoms with E-state index in [1.54, 1.807) is 0 Å². The van der Waals surface area contributed by atoms with Crippen molar-refractivity contribution < 1.29 is 29.1 Å². The molecule has 0 saturated heterocycles. The molecule has 2 atom stereocenters. The van der Waals surface area contributed by atoms with Gasteiger partial charge in [-0.3, -0.25) is 4.52 Å². The third-order valence-corrected chi connectivity index (χ3v) is 2.53. The largest absolute Gasteiger partial charge is 0.469 e. The van der Waals surface area contributed by atoms with Gasteiger partial charge in [-0.2, -0.15) is 0 Å². The molecule has 1 unspecified atom stereocenters. The summed E-state index contributed by atoms with van der Waals surface area (Å²) >= 11 is 0. The van der Waals surface area contributed by atoms with Crippen LogP contribution >= 0.6 is 7.82 Å². The Bertz CT molecular complexity index is 203. The van der Waals surface area contributed by atoms with E-state index in [2.05, 4.69) is 4.52 Å². The van der Waals surface area contributed by atoms with E-state index in [1.165, 1.54) is 0 Å². The summed E-state index contributed by atoms with van der Waals surface area (Å²) in [6, 6.07) is 0. The molecule has 92 valence electrons. The lowest BCUT2D eigenvalue weighted by molar-refractivity contribution is -0.0178. The fourth-order valence-corrected chi connectivity index (χ4v) is 1.80. The molecule has 0 aliphatic rings. The van der Waals surface area contributed by atoms with Crippen LogP contribution in [0.15, 0.2) is 0 Å². The van der Waals surface area contributed by atoms with Crippen LogP contribution in [0.3, 0.4) is 0 Å². The summed E-state index contributed by atoms with van der Waals surface area (Å²) in [7, 11) is -4.61. The molecule has 0 bridgehead atoms. The molecule has 0 rings (SSSR count). The zero-order chi connectivity index (χ0) is 11.9. The van der Waals surface area contributed by atoms with Crippen LogP contribution in [0.25, 0.3) is 0 Å². The first-order chi connectivity index (χ1) is 6.90. The number of aliphatic hydroxyl groups is 2. The predicted molar refractivity (Wildman–Crippen MR) is 54.2 cm³/mol. The van der Waals surface area contributed by atoms with E-state index in [0.29, 0.717) is 12.8 Å². The third-order valence-electron chi connectivity index (χ3n) is 1.98. The van der Waals surface area contributed by atoms with Crippen LogP contribution in [0.4, 0.5) is 0 Å². The average molecular weight is 242 g/mol. The van der Waals surface area contributed by atoms with Crippen molar-refractivity contribution in [1.29, 1.82) is 0 Å². The Morgan fingerprint density at radius 2 is 1.93 bits per heavy atom. The van der Waals surface area contributed by atoms with E-state index in [1.807, 2.05) is 6.92 Å². The highest BCUT2D eigenvalue weighted by Gasteiger charge is 2.27. The zero-order valence-corrected chi connectivity index (χ0v) is 9.64. The van der Waals surface area contributed by atoms with Crippen molar-refractivity contribution in [1.82, 2.24) is 0 Å². The molecule has 0 amide bonds. The summed E-state index contributed by atoms with van der Waals surface area (Å²) < 4.78 is 15.0. The Morgan fingerprint density at radius 1 is 1.33 bits per heavy atom. The van der Waals surface area contributed by atoms with Crippen molar-refractivity contribution in [2.75, 3.05) is 6.61 Å². The van der Waals surface area contributed by atoms with Crippen molar-refractivity contribution in [3.63, 3.8) is 0 Å². The van der Waals surface area contributed by atoms with Gasteiger partial charge in [-0.15, -0.1) is 0 Å². The van der Waals surface area contributed by atoms with Gasteiger partial charge in [0.05, 0.1) is 12.7 Å². The van der Waals surface area contributed by atoms with Crippen molar-refractivity contribution in [3.8, 4) is 0 Å². The molecule has 0 aromatic heterocycles. The normalized spacial score (nSPS) is 16.3. The summed E-state index contributed by atoms with van der Waals surface area (Å²) in [5.74, 6) is 0. The van der Waals surface area contributed by atoms with E-state index >= 15 is 0 Å². The molecule has 0 spiro atoms. The number of phosphoric acid groups is 1. The van der Waals surface area contributed by atoms with E-state index < -0.39 is 26.6 Å². The topological polar surface area (TPSA) is 107 Å². The first kappa shape index (κ1) is 15.0. The minimum Gasteiger partial charge on any atom is -0.394 e. The highest BCUT2D eigenvalue weighted by Crippen LogP contribution is 2.39. The molecule has 0 aromatic carbocycles. The molecular formula is C8H19O6P. The smallest absolute Gasteiger partial charge is 0.394 e. The van der Waals surface area contributed by atoms with Crippen LogP contribution in [-0.4, -0.2) is 38.8 Å². The van der Waals surface area contributed by atoms with Crippen LogP contribution < -0.4 is 0 Å². The minimum absolute atomic E-state index is 0.320. The maximum atomic E-state index is 10.6. The number of hydrogen-bond acceptors (Lipinski definition) is 4. The number of rotatable bonds is 8. The van der Waals surface area contributed by atoms with Crippen LogP contribution in [0.2, 0.25) is 0 Å². The standard InChI is InChI=1S/C8H19O6P/c1-2-3-4-5-8(7(10)6-9)14-15(11,12)13/h7-10H,2-6H2,1H3,(H2,11,12,13)/t7-,8?/m0/s1. The van der Waals surface area contributed by atoms with Crippen LogP contribution in [-0.2, 0) is 9.09 Å². The Kier molecular flexibility index (Phi) is 7.34. The van der Waals surface area contributed by atoms with E-state index in [0.717, 1.165) is 12.8 Å². The summed E-state index contributed by atoms with van der Waals surface area (Å²) in [4.78, 5) is 17.2. The van der Waals surface area contributed by atoms with Gasteiger partial charge < -0.3 is 20.0 Å². The highest BCUT2D eigenvalue weighted by atomic mass is 31.2. The quantitative estimate of drug-likeness (QED) is 0.362. The Labute approximate surface area is 89.1 Å². The molecule has 0 fully saturated rings. The Morgan fingerprint density at radius 3 is 2.33 bits per heavy atom.